The molecule has 0 aromatic rings. The zero-order valence-corrected chi connectivity index (χ0v) is 39.8. The fourth-order valence-electron chi connectivity index (χ4n) is 6.91. The second-order valence-corrected chi connectivity index (χ2v) is 17.4. The van der Waals surface area contributed by atoms with E-state index < -0.39 is 18.1 Å². The van der Waals surface area contributed by atoms with Gasteiger partial charge in [0.2, 0.25) is 0 Å². The Morgan fingerprint density at radius 1 is 0.508 bits per heavy atom. The number of nitrogens with zero attached hydrogens (tertiary/aromatic N) is 1. The zero-order chi connectivity index (χ0) is 44.9. The number of hydrogen-bond acceptors (Lipinski definition) is 7. The number of aliphatic carboxylic acids is 1. The van der Waals surface area contributed by atoms with Crippen LogP contribution in [0.4, 0.5) is 0 Å². The number of hydrogen-bond donors (Lipinski definition) is 0. The minimum Gasteiger partial charge on any atom is -0.544 e. The normalized spacial score (nSPS) is 13.5. The van der Waals surface area contributed by atoms with E-state index in [1.54, 1.807) is 21.1 Å². The molecule has 2 unspecified atom stereocenters. The number of esters is 2. The molecular formula is C53H91NO7. The zero-order valence-electron chi connectivity index (χ0n) is 39.8. The summed E-state index contributed by atoms with van der Waals surface area (Å²) in [4.78, 5) is 36.9. The van der Waals surface area contributed by atoms with Crippen LogP contribution >= 0.6 is 0 Å². The van der Waals surface area contributed by atoms with E-state index in [4.69, 9.17) is 14.2 Å². The Morgan fingerprint density at radius 2 is 0.934 bits per heavy atom. The van der Waals surface area contributed by atoms with Crippen molar-refractivity contribution in [3.63, 3.8) is 0 Å². The minimum atomic E-state index is -1.13. The highest BCUT2D eigenvalue weighted by Crippen LogP contribution is 2.15. The number of quaternary nitrogens is 1. The topological polar surface area (TPSA) is 102 Å². The maximum absolute atomic E-state index is 12.8. The van der Waals surface area contributed by atoms with Gasteiger partial charge >= 0.3 is 11.9 Å². The van der Waals surface area contributed by atoms with Gasteiger partial charge in [0.25, 0.3) is 0 Å². The van der Waals surface area contributed by atoms with E-state index in [0.29, 0.717) is 12.8 Å². The second-order valence-electron chi connectivity index (χ2n) is 17.4. The van der Waals surface area contributed by atoms with E-state index in [1.165, 1.54) is 109 Å². The van der Waals surface area contributed by atoms with Gasteiger partial charge < -0.3 is 28.6 Å². The average molecular weight is 854 g/mol. The number of carboxylic acid groups (broad SMARTS) is 1. The molecule has 0 spiro atoms. The number of likely N-dealkylation sites (N-methyl/N-ethyl adjacent to an activating group) is 1. The van der Waals surface area contributed by atoms with Crippen molar-refractivity contribution in [3.05, 3.63) is 72.9 Å². The number of carboxylic acids is 1. The molecular weight excluding hydrogens is 763 g/mol. The van der Waals surface area contributed by atoms with Gasteiger partial charge in [-0.15, -0.1) is 0 Å². The average Bonchev–Trinajstić information content (AvgIpc) is 3.22. The van der Waals surface area contributed by atoms with Crippen LogP contribution in [0.25, 0.3) is 0 Å². The van der Waals surface area contributed by atoms with Crippen molar-refractivity contribution in [2.24, 2.45) is 0 Å². The van der Waals surface area contributed by atoms with E-state index in [0.717, 1.165) is 51.4 Å². The van der Waals surface area contributed by atoms with Gasteiger partial charge in [0.15, 0.2) is 6.10 Å². The third-order valence-corrected chi connectivity index (χ3v) is 10.7. The highest BCUT2D eigenvalue weighted by molar-refractivity contribution is 5.70. The Labute approximate surface area is 374 Å². The van der Waals surface area contributed by atoms with Gasteiger partial charge in [0.05, 0.1) is 40.3 Å². The predicted molar refractivity (Wildman–Crippen MR) is 254 cm³/mol. The number of carbonyl (C=O) groups excluding carboxylic acids is 3. The molecule has 0 aromatic carbocycles. The number of unbranched alkanes of at least 4 members (excludes halogenated alkanes) is 21. The molecule has 0 aromatic heterocycles. The molecule has 350 valence electrons. The predicted octanol–water partition coefficient (Wildman–Crippen LogP) is 12.6. The summed E-state index contributed by atoms with van der Waals surface area (Å²) in [7, 11) is 5.39. The molecule has 0 N–H and O–H groups in total. The molecule has 0 saturated carbocycles. The fraction of sp³-hybridized carbons (Fsp3) is 0.717. The van der Waals surface area contributed by atoms with E-state index in [2.05, 4.69) is 38.2 Å². The molecule has 0 aliphatic carbocycles. The minimum absolute atomic E-state index is 0.0219. The van der Waals surface area contributed by atoms with Gasteiger partial charge in [-0.05, 0) is 57.8 Å². The summed E-state index contributed by atoms with van der Waals surface area (Å²) in [5, 5.41) is 11.6. The van der Waals surface area contributed by atoms with Crippen molar-refractivity contribution in [3.8, 4) is 0 Å². The number of carbonyl (C=O) groups is 3. The van der Waals surface area contributed by atoms with Crippen molar-refractivity contribution < 1.29 is 38.2 Å². The highest BCUT2D eigenvalue weighted by Gasteiger charge is 2.25. The molecule has 0 amide bonds. The van der Waals surface area contributed by atoms with Gasteiger partial charge in [0, 0.05) is 19.3 Å². The lowest BCUT2D eigenvalue weighted by atomic mass is 10.0. The van der Waals surface area contributed by atoms with Crippen LogP contribution in [0.3, 0.4) is 0 Å². The molecule has 2 atom stereocenters. The Kier molecular flexibility index (Phi) is 41.1. The summed E-state index contributed by atoms with van der Waals surface area (Å²) in [5.41, 5.74) is 0. The van der Waals surface area contributed by atoms with Gasteiger partial charge in [-0.2, -0.15) is 0 Å². The fourth-order valence-corrected chi connectivity index (χ4v) is 6.91. The first-order valence-electron chi connectivity index (χ1n) is 24.5. The van der Waals surface area contributed by atoms with Crippen LogP contribution in [-0.2, 0) is 28.6 Å². The van der Waals surface area contributed by atoms with Crippen molar-refractivity contribution in [2.45, 2.75) is 206 Å². The first-order chi connectivity index (χ1) is 29.6. The van der Waals surface area contributed by atoms with Crippen molar-refractivity contribution in [1.29, 1.82) is 0 Å². The summed E-state index contributed by atoms with van der Waals surface area (Å²) < 4.78 is 17.2. The lowest BCUT2D eigenvalue weighted by Crippen LogP contribution is -2.55. The van der Waals surface area contributed by atoms with Crippen LogP contribution in [-0.4, -0.2) is 75.5 Å². The Hall–Kier alpha value is -3.23. The van der Waals surface area contributed by atoms with E-state index >= 15 is 0 Å². The molecule has 8 heteroatoms. The second kappa shape index (κ2) is 43.4. The molecule has 0 saturated heterocycles. The molecule has 0 heterocycles. The van der Waals surface area contributed by atoms with Gasteiger partial charge in [-0.3, -0.25) is 9.59 Å². The van der Waals surface area contributed by atoms with Crippen LogP contribution in [0.15, 0.2) is 72.9 Å². The molecule has 0 bridgehead atoms. The van der Waals surface area contributed by atoms with Crippen LogP contribution in [0.2, 0.25) is 0 Å². The highest BCUT2D eigenvalue weighted by atomic mass is 16.6. The standard InChI is InChI=1S/C53H91NO7/c1-6-8-10-12-14-16-18-20-22-23-24-25-26-27-28-30-32-34-36-38-40-42-44-52(56)61-49(47-59-46-45-50(53(57)58)54(3,4)5)48-60-51(55)43-41-39-37-35-33-31-29-21-19-17-15-13-11-9-7-2/h9,11,13,15,17,19,21,26-27,29,31,33,49-50H,6-8,10,12,14,16,18,20,22-25,28,30,32,34-48H2,1-5H3/b11-9+,15-13+,19-17+,27-26+,29-21+,33-31+. The number of allylic oxidation sites excluding steroid dienone is 12. The molecule has 0 radical (unpaired) electrons. The molecule has 0 aliphatic rings. The summed E-state index contributed by atoms with van der Waals surface area (Å²) in [6.07, 6.45) is 55.1. The Balaban J connectivity index is 4.32. The number of ether oxygens (including phenoxy) is 3. The van der Waals surface area contributed by atoms with Crippen LogP contribution in [0.1, 0.15) is 194 Å². The summed E-state index contributed by atoms with van der Waals surface area (Å²) in [5.74, 6) is -1.80. The van der Waals surface area contributed by atoms with E-state index in [1.807, 2.05) is 48.6 Å². The van der Waals surface area contributed by atoms with Crippen molar-refractivity contribution in [1.82, 2.24) is 0 Å². The largest absolute Gasteiger partial charge is 0.544 e. The maximum atomic E-state index is 12.8. The molecule has 0 rings (SSSR count). The first-order valence-corrected chi connectivity index (χ1v) is 24.5. The molecule has 0 fully saturated rings. The summed E-state index contributed by atoms with van der Waals surface area (Å²) in [6.45, 7) is 4.47. The third kappa shape index (κ3) is 41.9. The van der Waals surface area contributed by atoms with Crippen LogP contribution in [0.5, 0.6) is 0 Å². The number of rotatable bonds is 43. The molecule has 8 nitrogen and oxygen atoms in total. The van der Waals surface area contributed by atoms with Crippen molar-refractivity contribution >= 4 is 17.9 Å². The smallest absolute Gasteiger partial charge is 0.306 e. The Bertz CT molecular complexity index is 1230. The Morgan fingerprint density at radius 3 is 1.43 bits per heavy atom. The van der Waals surface area contributed by atoms with Gasteiger partial charge in [-0.1, -0.05) is 189 Å². The third-order valence-electron chi connectivity index (χ3n) is 10.7. The monoisotopic (exact) mass is 854 g/mol. The van der Waals surface area contributed by atoms with E-state index in [-0.39, 0.29) is 42.7 Å². The van der Waals surface area contributed by atoms with E-state index in [9.17, 15) is 19.5 Å². The molecule has 0 aliphatic heterocycles. The molecule has 61 heavy (non-hydrogen) atoms. The van der Waals surface area contributed by atoms with Crippen LogP contribution in [0, 0.1) is 0 Å². The quantitative estimate of drug-likeness (QED) is 0.0198. The first kappa shape index (κ1) is 57.8. The summed E-state index contributed by atoms with van der Waals surface area (Å²) >= 11 is 0. The van der Waals surface area contributed by atoms with Gasteiger partial charge in [-0.25, -0.2) is 0 Å². The SMILES string of the molecule is CC/C=C/C=C/C=C/C=C/C=C/CCCCCC(=O)OCC(COCCC(C(=O)[O-])[N+](C)(C)C)OC(=O)CCCCCCCCC/C=C/CCCCCCCCCCCCC. The lowest BCUT2D eigenvalue weighted by Gasteiger charge is -2.34. The van der Waals surface area contributed by atoms with Crippen LogP contribution < -0.4 is 5.11 Å². The summed E-state index contributed by atoms with van der Waals surface area (Å²) in [6, 6.07) is -0.737. The maximum Gasteiger partial charge on any atom is 0.306 e. The lowest BCUT2D eigenvalue weighted by molar-refractivity contribution is -0.889. The van der Waals surface area contributed by atoms with Crippen molar-refractivity contribution in [2.75, 3.05) is 41.0 Å². The van der Waals surface area contributed by atoms with Gasteiger partial charge in [0.1, 0.15) is 12.6 Å².